The van der Waals surface area contributed by atoms with E-state index in [1.807, 2.05) is 30.3 Å². The van der Waals surface area contributed by atoms with Crippen molar-refractivity contribution in [3.05, 3.63) is 65.5 Å². The molecule has 0 fully saturated rings. The van der Waals surface area contributed by atoms with E-state index in [4.69, 9.17) is 4.74 Å². The van der Waals surface area contributed by atoms with Gasteiger partial charge >= 0.3 is 6.18 Å². The molecule has 0 aliphatic carbocycles. The van der Waals surface area contributed by atoms with Crippen molar-refractivity contribution in [3.8, 4) is 0 Å². The number of halogens is 4. The summed E-state index contributed by atoms with van der Waals surface area (Å²) in [5.74, 6) is -1.66. The molecule has 3 nitrogen and oxygen atoms in total. The average molecular weight is 341 g/mol. The molecule has 1 amide bonds. The maximum atomic E-state index is 13.5. The molecule has 0 spiro atoms. The van der Waals surface area contributed by atoms with E-state index in [9.17, 15) is 22.4 Å². The highest BCUT2D eigenvalue weighted by Gasteiger charge is 2.31. The fraction of sp³-hybridized carbons (Fsp3) is 0.235. The van der Waals surface area contributed by atoms with Crippen molar-refractivity contribution < 1.29 is 27.1 Å². The van der Waals surface area contributed by atoms with Crippen molar-refractivity contribution >= 4 is 11.6 Å². The Morgan fingerprint density at radius 3 is 2.46 bits per heavy atom. The smallest absolute Gasteiger partial charge is 0.371 e. The third-order valence-electron chi connectivity index (χ3n) is 3.18. The molecule has 0 heterocycles. The van der Waals surface area contributed by atoms with Crippen molar-refractivity contribution in [2.75, 3.05) is 18.5 Å². The van der Waals surface area contributed by atoms with E-state index in [2.05, 4.69) is 5.32 Å². The van der Waals surface area contributed by atoms with E-state index in [0.717, 1.165) is 5.56 Å². The summed E-state index contributed by atoms with van der Waals surface area (Å²) in [7, 11) is 0. The van der Waals surface area contributed by atoms with Gasteiger partial charge in [-0.15, -0.1) is 0 Å². The van der Waals surface area contributed by atoms with E-state index in [1.54, 1.807) is 0 Å². The lowest BCUT2D eigenvalue weighted by atomic mass is 10.2. The van der Waals surface area contributed by atoms with Crippen LogP contribution >= 0.6 is 0 Å². The molecular weight excluding hydrogens is 326 g/mol. The van der Waals surface area contributed by atoms with Crippen molar-refractivity contribution in [2.24, 2.45) is 0 Å². The Morgan fingerprint density at radius 1 is 1.08 bits per heavy atom. The molecule has 0 aliphatic rings. The Morgan fingerprint density at radius 2 is 1.79 bits per heavy atom. The fourth-order valence-electron chi connectivity index (χ4n) is 1.98. The van der Waals surface area contributed by atoms with E-state index < -0.39 is 29.2 Å². The third-order valence-corrected chi connectivity index (χ3v) is 3.18. The highest BCUT2D eigenvalue weighted by molar-refractivity contribution is 5.91. The number of carbonyl (C=O) groups is 1. The summed E-state index contributed by atoms with van der Waals surface area (Å²) in [6.07, 6.45) is -4.02. The minimum absolute atomic E-state index is 0.266. The number of hydrogen-bond acceptors (Lipinski definition) is 2. The molecule has 2 aromatic carbocycles. The summed E-state index contributed by atoms with van der Waals surface area (Å²) in [6, 6.07) is 11.3. The van der Waals surface area contributed by atoms with Gasteiger partial charge in [0.05, 0.1) is 17.9 Å². The molecule has 2 rings (SSSR count). The largest absolute Gasteiger partial charge is 0.416 e. The molecule has 24 heavy (non-hydrogen) atoms. The zero-order valence-corrected chi connectivity index (χ0v) is 12.6. The Labute approximate surface area is 136 Å². The molecule has 0 aliphatic heterocycles. The van der Waals surface area contributed by atoms with Gasteiger partial charge in [-0.05, 0) is 30.2 Å². The monoisotopic (exact) mass is 341 g/mol. The van der Waals surface area contributed by atoms with E-state index >= 15 is 0 Å². The topological polar surface area (TPSA) is 38.3 Å². The van der Waals surface area contributed by atoms with Crippen LogP contribution in [0, 0.1) is 5.82 Å². The van der Waals surface area contributed by atoms with Crippen LogP contribution < -0.4 is 5.32 Å². The second-order valence-corrected chi connectivity index (χ2v) is 5.03. The lowest BCUT2D eigenvalue weighted by molar-refractivity contribution is -0.137. The van der Waals surface area contributed by atoms with Gasteiger partial charge in [0.1, 0.15) is 12.4 Å². The lowest BCUT2D eigenvalue weighted by Gasteiger charge is -2.11. The van der Waals surface area contributed by atoms with Gasteiger partial charge in [-0.2, -0.15) is 13.2 Å². The van der Waals surface area contributed by atoms with Gasteiger partial charge in [-0.25, -0.2) is 4.39 Å². The quantitative estimate of drug-likeness (QED) is 0.636. The standard InChI is InChI=1S/C17H15F4NO2/c18-14-7-6-13(17(19,20)21)10-15(14)22-16(23)11-24-9-8-12-4-2-1-3-5-12/h1-7,10H,8-9,11H2,(H,22,23). The molecular formula is C17H15F4NO2. The van der Waals surface area contributed by atoms with Crippen molar-refractivity contribution in [3.63, 3.8) is 0 Å². The summed E-state index contributed by atoms with van der Waals surface area (Å²) in [4.78, 5) is 11.7. The Hall–Kier alpha value is -2.41. The predicted molar refractivity (Wildman–Crippen MR) is 81.0 cm³/mol. The van der Waals surface area contributed by atoms with Gasteiger partial charge in [-0.1, -0.05) is 30.3 Å². The molecule has 2 aromatic rings. The van der Waals surface area contributed by atoms with Gasteiger partial charge in [0, 0.05) is 0 Å². The first kappa shape index (κ1) is 17.9. The molecule has 0 unspecified atom stereocenters. The average Bonchev–Trinajstić information content (AvgIpc) is 2.53. The molecule has 0 atom stereocenters. The number of alkyl halides is 3. The van der Waals surface area contributed by atoms with Gasteiger partial charge in [0.2, 0.25) is 5.91 Å². The second-order valence-electron chi connectivity index (χ2n) is 5.03. The second kappa shape index (κ2) is 7.92. The maximum Gasteiger partial charge on any atom is 0.416 e. The van der Waals surface area contributed by atoms with Crippen LogP contribution in [0.25, 0.3) is 0 Å². The maximum absolute atomic E-state index is 13.5. The van der Waals surface area contributed by atoms with Crippen LogP contribution in [-0.4, -0.2) is 19.1 Å². The lowest BCUT2D eigenvalue weighted by Crippen LogP contribution is -2.20. The van der Waals surface area contributed by atoms with Gasteiger partial charge in [0.25, 0.3) is 0 Å². The zero-order valence-electron chi connectivity index (χ0n) is 12.6. The van der Waals surface area contributed by atoms with Crippen molar-refractivity contribution in [1.29, 1.82) is 0 Å². The number of ether oxygens (including phenoxy) is 1. The van der Waals surface area contributed by atoms with Crippen LogP contribution in [0.3, 0.4) is 0 Å². The molecule has 0 aromatic heterocycles. The van der Waals surface area contributed by atoms with Gasteiger partial charge < -0.3 is 10.1 Å². The van der Waals surface area contributed by atoms with Crippen LogP contribution in [-0.2, 0) is 22.1 Å². The third kappa shape index (κ3) is 5.34. The Kier molecular flexibility index (Phi) is 5.92. The molecule has 0 radical (unpaired) electrons. The Bertz CT molecular complexity index is 687. The molecule has 128 valence electrons. The first-order valence-corrected chi connectivity index (χ1v) is 7.14. The molecule has 7 heteroatoms. The van der Waals surface area contributed by atoms with E-state index in [0.29, 0.717) is 24.6 Å². The summed E-state index contributed by atoms with van der Waals surface area (Å²) in [5.41, 5.74) is -0.535. The SMILES string of the molecule is O=C(COCCc1ccccc1)Nc1cc(C(F)(F)F)ccc1F. The van der Waals surface area contributed by atoms with Gasteiger partial charge in [0.15, 0.2) is 0 Å². The number of rotatable bonds is 6. The predicted octanol–water partition coefficient (Wildman–Crippen LogP) is 4.04. The number of amides is 1. The number of carbonyl (C=O) groups excluding carboxylic acids is 1. The number of hydrogen-bond donors (Lipinski definition) is 1. The highest BCUT2D eigenvalue weighted by Crippen LogP contribution is 2.31. The molecule has 0 saturated heterocycles. The van der Waals surface area contributed by atoms with E-state index in [1.165, 1.54) is 0 Å². The minimum atomic E-state index is -4.61. The van der Waals surface area contributed by atoms with Crippen molar-refractivity contribution in [1.82, 2.24) is 0 Å². The first-order chi connectivity index (χ1) is 11.4. The van der Waals surface area contributed by atoms with Gasteiger partial charge in [-0.3, -0.25) is 4.79 Å². The highest BCUT2D eigenvalue weighted by atomic mass is 19.4. The van der Waals surface area contributed by atoms with E-state index in [-0.39, 0.29) is 13.2 Å². The fourth-order valence-corrected chi connectivity index (χ4v) is 1.98. The number of nitrogens with one attached hydrogen (secondary N) is 1. The minimum Gasteiger partial charge on any atom is -0.371 e. The zero-order chi connectivity index (χ0) is 17.6. The molecule has 0 saturated carbocycles. The van der Waals surface area contributed by atoms with Crippen LogP contribution in [0.5, 0.6) is 0 Å². The molecule has 0 bridgehead atoms. The number of benzene rings is 2. The molecule has 1 N–H and O–H groups in total. The van der Waals surface area contributed by atoms with Crippen molar-refractivity contribution in [2.45, 2.75) is 12.6 Å². The van der Waals surface area contributed by atoms with Crippen LogP contribution in [0.4, 0.5) is 23.2 Å². The first-order valence-electron chi connectivity index (χ1n) is 7.14. The summed E-state index contributed by atoms with van der Waals surface area (Å²) in [6.45, 7) is -0.106. The normalized spacial score (nSPS) is 11.3. The Balaban J connectivity index is 1.84. The summed E-state index contributed by atoms with van der Waals surface area (Å²) in [5, 5.41) is 2.08. The van der Waals surface area contributed by atoms with Crippen LogP contribution in [0.2, 0.25) is 0 Å². The number of anilines is 1. The summed E-state index contributed by atoms with van der Waals surface area (Å²) < 4.78 is 56.4. The van der Waals surface area contributed by atoms with Crippen LogP contribution in [0.15, 0.2) is 48.5 Å². The summed E-state index contributed by atoms with van der Waals surface area (Å²) >= 11 is 0. The van der Waals surface area contributed by atoms with Crippen LogP contribution in [0.1, 0.15) is 11.1 Å².